The molecule has 17 heavy (non-hydrogen) atoms. The Kier molecular flexibility index (Phi) is 4.32. The van der Waals surface area contributed by atoms with E-state index in [2.05, 4.69) is 17.1 Å². The predicted octanol–water partition coefficient (Wildman–Crippen LogP) is 3.35. The second-order valence-corrected chi connectivity index (χ2v) is 4.95. The molecule has 92 valence electrons. The summed E-state index contributed by atoms with van der Waals surface area (Å²) in [4.78, 5) is 4.29. The summed E-state index contributed by atoms with van der Waals surface area (Å²) in [6, 6.07) is 4.09. The summed E-state index contributed by atoms with van der Waals surface area (Å²) in [5, 5.41) is 9.51. The first-order valence-corrected chi connectivity index (χ1v) is 6.53. The first-order chi connectivity index (χ1) is 8.29. The molecule has 0 unspecified atom stereocenters. The van der Waals surface area contributed by atoms with E-state index < -0.39 is 0 Å². The van der Waals surface area contributed by atoms with E-state index in [1.165, 1.54) is 37.7 Å². The van der Waals surface area contributed by atoms with E-state index in [1.807, 2.05) is 19.2 Å². The van der Waals surface area contributed by atoms with Crippen molar-refractivity contribution in [2.45, 2.75) is 39.0 Å². The van der Waals surface area contributed by atoms with Crippen molar-refractivity contribution in [1.29, 1.82) is 0 Å². The minimum Gasteiger partial charge on any atom is -0.392 e. The number of hydrogen-bond donors (Lipinski definition) is 1. The largest absolute Gasteiger partial charge is 0.392 e. The molecule has 1 heterocycles. The Morgan fingerprint density at radius 2 is 2.12 bits per heavy atom. The summed E-state index contributed by atoms with van der Waals surface area (Å²) in [5.74, 6) is 0.579. The number of aryl methyl sites for hydroxylation is 1. The molecule has 1 aliphatic carbocycles. The first-order valence-electron chi connectivity index (χ1n) is 6.53. The van der Waals surface area contributed by atoms with Crippen molar-refractivity contribution in [3.05, 3.63) is 35.2 Å². The molecular weight excluding hydrogens is 210 g/mol. The van der Waals surface area contributed by atoms with Gasteiger partial charge in [-0.3, -0.25) is 4.98 Å². The fourth-order valence-electron chi connectivity index (χ4n) is 2.54. The maximum atomic E-state index is 9.51. The van der Waals surface area contributed by atoms with E-state index >= 15 is 0 Å². The lowest BCUT2D eigenvalue weighted by Crippen LogP contribution is -2.11. The zero-order valence-electron chi connectivity index (χ0n) is 10.5. The summed E-state index contributed by atoms with van der Waals surface area (Å²) in [5.41, 5.74) is 3.31. The normalized spacial score (nSPS) is 18.4. The number of aliphatic hydroxyl groups is 1. The van der Waals surface area contributed by atoms with E-state index in [4.69, 9.17) is 0 Å². The highest BCUT2D eigenvalue weighted by Gasteiger charge is 2.17. The van der Waals surface area contributed by atoms with Crippen molar-refractivity contribution < 1.29 is 5.11 Å². The molecule has 0 atom stereocenters. The quantitative estimate of drug-likeness (QED) is 0.865. The third kappa shape index (κ3) is 3.40. The Morgan fingerprint density at radius 1 is 1.35 bits per heavy atom. The van der Waals surface area contributed by atoms with Gasteiger partial charge in [0.05, 0.1) is 6.61 Å². The Morgan fingerprint density at radius 3 is 2.71 bits per heavy atom. The zero-order valence-corrected chi connectivity index (χ0v) is 10.5. The highest BCUT2D eigenvalue weighted by atomic mass is 16.3. The van der Waals surface area contributed by atoms with Gasteiger partial charge in [-0.05, 0) is 42.9 Å². The van der Waals surface area contributed by atoms with Gasteiger partial charge in [0.2, 0.25) is 0 Å². The summed E-state index contributed by atoms with van der Waals surface area (Å²) >= 11 is 0. The van der Waals surface area contributed by atoms with Gasteiger partial charge in [0, 0.05) is 11.9 Å². The summed E-state index contributed by atoms with van der Waals surface area (Å²) < 4.78 is 0. The molecule has 1 fully saturated rings. The Hall–Kier alpha value is -1.15. The average Bonchev–Trinajstić information content (AvgIpc) is 2.39. The van der Waals surface area contributed by atoms with Crippen LogP contribution in [0.1, 0.15) is 43.4 Å². The van der Waals surface area contributed by atoms with Crippen LogP contribution in [0.2, 0.25) is 0 Å². The first kappa shape index (κ1) is 12.3. The van der Waals surface area contributed by atoms with E-state index in [9.17, 15) is 5.11 Å². The molecule has 1 N–H and O–H groups in total. The van der Waals surface area contributed by atoms with E-state index in [1.54, 1.807) is 0 Å². The highest BCUT2D eigenvalue weighted by molar-refractivity contribution is 5.52. The van der Waals surface area contributed by atoms with Crippen molar-refractivity contribution in [3.63, 3.8) is 0 Å². The molecule has 0 amide bonds. The molecule has 1 aliphatic rings. The van der Waals surface area contributed by atoms with Crippen molar-refractivity contribution in [1.82, 2.24) is 4.98 Å². The van der Waals surface area contributed by atoms with Crippen LogP contribution in [0.4, 0.5) is 0 Å². The van der Waals surface area contributed by atoms with Crippen molar-refractivity contribution in [2.75, 3.05) is 6.61 Å². The third-order valence-electron chi connectivity index (χ3n) is 3.60. The number of rotatable bonds is 3. The molecule has 0 spiro atoms. The maximum Gasteiger partial charge on any atom is 0.0647 e. The monoisotopic (exact) mass is 231 g/mol. The summed E-state index contributed by atoms with van der Waals surface area (Å²) in [6.07, 6.45) is 10.4. The minimum absolute atomic E-state index is 0.179. The number of aromatic nitrogens is 1. The van der Waals surface area contributed by atoms with Crippen LogP contribution < -0.4 is 0 Å². The minimum atomic E-state index is 0.179. The van der Waals surface area contributed by atoms with Gasteiger partial charge in [-0.2, -0.15) is 0 Å². The Balaban J connectivity index is 2.13. The number of aliphatic hydroxyl groups excluding tert-OH is 1. The smallest absolute Gasteiger partial charge is 0.0647 e. The Labute approximate surface area is 103 Å². The van der Waals surface area contributed by atoms with E-state index in [0.29, 0.717) is 5.92 Å². The second-order valence-electron chi connectivity index (χ2n) is 4.95. The lowest BCUT2D eigenvalue weighted by atomic mass is 9.83. The van der Waals surface area contributed by atoms with Crippen molar-refractivity contribution >= 4 is 6.08 Å². The molecule has 2 rings (SSSR count). The van der Waals surface area contributed by atoms with Gasteiger partial charge in [-0.15, -0.1) is 0 Å². The van der Waals surface area contributed by atoms with Crippen LogP contribution in [-0.4, -0.2) is 16.7 Å². The fourth-order valence-corrected chi connectivity index (χ4v) is 2.54. The molecule has 2 heteroatoms. The van der Waals surface area contributed by atoms with Crippen molar-refractivity contribution in [2.24, 2.45) is 5.92 Å². The summed E-state index contributed by atoms with van der Waals surface area (Å²) in [6.45, 7) is 2.17. The van der Waals surface area contributed by atoms with Crippen LogP contribution in [-0.2, 0) is 0 Å². The van der Waals surface area contributed by atoms with Crippen LogP contribution in [0, 0.1) is 12.8 Å². The van der Waals surface area contributed by atoms with Gasteiger partial charge in [-0.25, -0.2) is 0 Å². The molecule has 1 saturated carbocycles. The lowest BCUT2D eigenvalue weighted by Gasteiger charge is -2.23. The molecular formula is C15H21NO. The summed E-state index contributed by atoms with van der Waals surface area (Å²) in [7, 11) is 0. The van der Waals surface area contributed by atoms with Crippen LogP contribution in [0.15, 0.2) is 23.9 Å². The van der Waals surface area contributed by atoms with Gasteiger partial charge in [-0.1, -0.05) is 31.4 Å². The van der Waals surface area contributed by atoms with Gasteiger partial charge < -0.3 is 5.11 Å². The maximum absolute atomic E-state index is 9.51. The van der Waals surface area contributed by atoms with Crippen molar-refractivity contribution in [3.8, 4) is 0 Å². The molecule has 0 aliphatic heterocycles. The molecule has 0 bridgehead atoms. The fraction of sp³-hybridized carbons (Fsp3) is 0.533. The topological polar surface area (TPSA) is 33.1 Å². The third-order valence-corrected chi connectivity index (χ3v) is 3.60. The molecule has 0 saturated heterocycles. The van der Waals surface area contributed by atoms with Crippen LogP contribution in [0.3, 0.4) is 0 Å². The zero-order chi connectivity index (χ0) is 12.1. The average molecular weight is 231 g/mol. The molecule has 1 aromatic heterocycles. The molecule has 0 radical (unpaired) electrons. The van der Waals surface area contributed by atoms with Gasteiger partial charge >= 0.3 is 0 Å². The van der Waals surface area contributed by atoms with Crippen LogP contribution in [0.25, 0.3) is 6.08 Å². The SMILES string of the molecule is Cc1ccc(/C=C(/CO)C2CCCCC2)cn1. The standard InChI is InChI=1S/C15H21NO/c1-12-7-8-13(10-16-12)9-15(11-17)14-5-3-2-4-6-14/h7-10,14,17H,2-6,11H2,1H3/b15-9-. The van der Waals surface area contributed by atoms with Gasteiger partial charge in [0.15, 0.2) is 0 Å². The van der Waals surface area contributed by atoms with E-state index in [-0.39, 0.29) is 6.61 Å². The second kappa shape index (κ2) is 5.97. The van der Waals surface area contributed by atoms with Gasteiger partial charge in [0.1, 0.15) is 0 Å². The highest BCUT2D eigenvalue weighted by Crippen LogP contribution is 2.30. The number of nitrogens with zero attached hydrogens (tertiary/aromatic N) is 1. The number of pyridine rings is 1. The lowest BCUT2D eigenvalue weighted by molar-refractivity contribution is 0.295. The van der Waals surface area contributed by atoms with Crippen LogP contribution >= 0.6 is 0 Å². The van der Waals surface area contributed by atoms with Crippen LogP contribution in [0.5, 0.6) is 0 Å². The Bertz CT molecular complexity index is 374. The predicted molar refractivity (Wildman–Crippen MR) is 70.6 cm³/mol. The number of hydrogen-bond acceptors (Lipinski definition) is 2. The van der Waals surface area contributed by atoms with E-state index in [0.717, 1.165) is 11.3 Å². The van der Waals surface area contributed by atoms with Gasteiger partial charge in [0.25, 0.3) is 0 Å². The molecule has 2 nitrogen and oxygen atoms in total. The molecule has 1 aromatic rings. The molecule has 0 aromatic carbocycles.